The fourth-order valence-corrected chi connectivity index (χ4v) is 5.21. The zero-order valence-corrected chi connectivity index (χ0v) is 15.3. The SMILES string of the molecule is CCc1ncsc1C(=O)N1CCS(=O)(=O)C[C@H]1c1cnn(CC)c1. The zero-order valence-electron chi connectivity index (χ0n) is 13.7. The summed E-state index contributed by atoms with van der Waals surface area (Å²) in [7, 11) is -3.17. The molecule has 1 fully saturated rings. The van der Waals surface area contributed by atoms with Gasteiger partial charge in [-0.15, -0.1) is 11.3 Å². The van der Waals surface area contributed by atoms with Crippen molar-refractivity contribution in [3.05, 3.63) is 34.0 Å². The van der Waals surface area contributed by atoms with E-state index in [-0.39, 0.29) is 24.0 Å². The minimum absolute atomic E-state index is 0.00256. The number of thiazole rings is 1. The summed E-state index contributed by atoms with van der Waals surface area (Å²) in [6, 6.07) is -0.497. The van der Waals surface area contributed by atoms with Gasteiger partial charge in [-0.1, -0.05) is 6.92 Å². The Bertz CT molecular complexity index is 841. The molecule has 0 saturated carbocycles. The van der Waals surface area contributed by atoms with E-state index in [1.54, 1.807) is 21.3 Å². The van der Waals surface area contributed by atoms with Gasteiger partial charge in [0.1, 0.15) is 4.88 Å². The molecule has 1 saturated heterocycles. The number of hydrogen-bond acceptors (Lipinski definition) is 6. The van der Waals surface area contributed by atoms with Gasteiger partial charge in [-0.25, -0.2) is 13.4 Å². The highest BCUT2D eigenvalue weighted by atomic mass is 32.2. The summed E-state index contributed by atoms with van der Waals surface area (Å²) in [6.45, 7) is 4.81. The molecule has 0 aromatic carbocycles. The van der Waals surface area contributed by atoms with Gasteiger partial charge in [0.25, 0.3) is 5.91 Å². The van der Waals surface area contributed by atoms with E-state index in [4.69, 9.17) is 0 Å². The van der Waals surface area contributed by atoms with Gasteiger partial charge < -0.3 is 4.90 Å². The largest absolute Gasteiger partial charge is 0.329 e. The van der Waals surface area contributed by atoms with Crippen LogP contribution in [0.5, 0.6) is 0 Å². The summed E-state index contributed by atoms with van der Waals surface area (Å²) in [5.74, 6) is -0.204. The van der Waals surface area contributed by atoms with Crippen LogP contribution in [0.25, 0.3) is 0 Å². The van der Waals surface area contributed by atoms with Crippen LogP contribution < -0.4 is 0 Å². The average Bonchev–Trinajstić information content (AvgIpc) is 3.22. The van der Waals surface area contributed by atoms with Crippen molar-refractivity contribution in [1.29, 1.82) is 0 Å². The first-order valence-corrected chi connectivity index (χ1v) is 10.6. The number of sulfone groups is 1. The molecule has 1 amide bonds. The number of amides is 1. The number of aryl methyl sites for hydroxylation is 2. The van der Waals surface area contributed by atoms with Crippen molar-refractivity contribution in [3.63, 3.8) is 0 Å². The number of rotatable bonds is 4. The van der Waals surface area contributed by atoms with Gasteiger partial charge in [0.05, 0.1) is 34.9 Å². The maximum atomic E-state index is 13.0. The van der Waals surface area contributed by atoms with E-state index >= 15 is 0 Å². The molecule has 130 valence electrons. The summed E-state index contributed by atoms with van der Waals surface area (Å²) in [6.07, 6.45) is 4.15. The molecule has 0 radical (unpaired) electrons. The van der Waals surface area contributed by atoms with Gasteiger partial charge in [-0.2, -0.15) is 5.10 Å². The summed E-state index contributed by atoms with van der Waals surface area (Å²) >= 11 is 1.31. The predicted molar refractivity (Wildman–Crippen MR) is 91.8 cm³/mol. The van der Waals surface area contributed by atoms with Gasteiger partial charge in [0, 0.05) is 24.8 Å². The predicted octanol–water partition coefficient (Wildman–Crippen LogP) is 1.53. The summed E-state index contributed by atoms with van der Waals surface area (Å²) in [5, 5.41) is 4.22. The third-order valence-electron chi connectivity index (χ3n) is 4.22. The monoisotopic (exact) mass is 368 g/mol. The second-order valence-corrected chi connectivity index (χ2v) is 8.82. The molecule has 1 aliphatic rings. The molecule has 0 bridgehead atoms. The quantitative estimate of drug-likeness (QED) is 0.817. The van der Waals surface area contributed by atoms with E-state index in [0.29, 0.717) is 17.8 Å². The van der Waals surface area contributed by atoms with Crippen LogP contribution in [0.2, 0.25) is 0 Å². The van der Waals surface area contributed by atoms with E-state index in [9.17, 15) is 13.2 Å². The van der Waals surface area contributed by atoms with Crippen molar-refractivity contribution in [2.24, 2.45) is 0 Å². The Morgan fingerprint density at radius 3 is 2.88 bits per heavy atom. The summed E-state index contributed by atoms with van der Waals surface area (Å²) < 4.78 is 26.0. The molecule has 0 aliphatic carbocycles. The third kappa shape index (κ3) is 3.23. The zero-order chi connectivity index (χ0) is 17.3. The van der Waals surface area contributed by atoms with E-state index in [1.165, 1.54) is 11.3 Å². The van der Waals surface area contributed by atoms with Crippen molar-refractivity contribution in [2.45, 2.75) is 32.9 Å². The van der Waals surface area contributed by atoms with E-state index in [2.05, 4.69) is 10.1 Å². The highest BCUT2D eigenvalue weighted by Gasteiger charge is 2.37. The van der Waals surface area contributed by atoms with Gasteiger partial charge in [-0.3, -0.25) is 9.48 Å². The van der Waals surface area contributed by atoms with Gasteiger partial charge >= 0.3 is 0 Å². The maximum absolute atomic E-state index is 13.0. The highest BCUT2D eigenvalue weighted by molar-refractivity contribution is 7.91. The second-order valence-electron chi connectivity index (χ2n) is 5.74. The Kier molecular flexibility index (Phi) is 4.73. The first-order valence-electron chi connectivity index (χ1n) is 7.91. The van der Waals surface area contributed by atoms with E-state index in [1.807, 2.05) is 20.0 Å². The van der Waals surface area contributed by atoms with Crippen LogP contribution in [-0.2, 0) is 22.8 Å². The minimum atomic E-state index is -3.17. The summed E-state index contributed by atoms with van der Waals surface area (Å²) in [5.41, 5.74) is 3.19. The van der Waals surface area contributed by atoms with Crippen LogP contribution in [0.1, 0.15) is 40.8 Å². The highest BCUT2D eigenvalue weighted by Crippen LogP contribution is 2.29. The third-order valence-corrected chi connectivity index (χ3v) is 6.71. The van der Waals surface area contributed by atoms with Crippen LogP contribution >= 0.6 is 11.3 Å². The number of hydrogen-bond donors (Lipinski definition) is 0. The lowest BCUT2D eigenvalue weighted by atomic mass is 10.1. The number of carbonyl (C=O) groups is 1. The maximum Gasteiger partial charge on any atom is 0.266 e. The Hall–Kier alpha value is -1.74. The molecule has 9 heteroatoms. The molecule has 7 nitrogen and oxygen atoms in total. The molecule has 0 unspecified atom stereocenters. The minimum Gasteiger partial charge on any atom is -0.329 e. The van der Waals surface area contributed by atoms with Crippen LogP contribution in [0.3, 0.4) is 0 Å². The molecule has 1 aliphatic heterocycles. The molecular weight excluding hydrogens is 348 g/mol. The topological polar surface area (TPSA) is 85.2 Å². The van der Waals surface area contributed by atoms with Crippen molar-refractivity contribution in [1.82, 2.24) is 19.7 Å². The Balaban J connectivity index is 1.96. The van der Waals surface area contributed by atoms with Gasteiger partial charge in [-0.05, 0) is 13.3 Å². The van der Waals surface area contributed by atoms with Crippen LogP contribution in [0.15, 0.2) is 17.9 Å². The Labute approximate surface area is 145 Å². The van der Waals surface area contributed by atoms with Gasteiger partial charge in [0.15, 0.2) is 9.84 Å². The average molecular weight is 368 g/mol. The van der Waals surface area contributed by atoms with Gasteiger partial charge in [0.2, 0.25) is 0 Å². The molecule has 3 heterocycles. The van der Waals surface area contributed by atoms with Crippen LogP contribution in [0.4, 0.5) is 0 Å². The number of nitrogens with zero attached hydrogens (tertiary/aromatic N) is 4. The molecule has 24 heavy (non-hydrogen) atoms. The second kappa shape index (κ2) is 6.64. The number of carbonyl (C=O) groups excluding carboxylic acids is 1. The van der Waals surface area contributed by atoms with Crippen LogP contribution in [0, 0.1) is 0 Å². The number of aromatic nitrogens is 3. The fraction of sp³-hybridized carbons (Fsp3) is 0.533. The van der Waals surface area contributed by atoms with E-state index in [0.717, 1.165) is 11.3 Å². The summed E-state index contributed by atoms with van der Waals surface area (Å²) in [4.78, 5) is 19.5. The molecule has 0 spiro atoms. The smallest absolute Gasteiger partial charge is 0.266 e. The lowest BCUT2D eigenvalue weighted by molar-refractivity contribution is 0.0701. The Morgan fingerprint density at radius 1 is 1.42 bits per heavy atom. The normalized spacial score (nSPS) is 20.2. The first kappa shape index (κ1) is 17.1. The molecule has 0 N–H and O–H groups in total. The standard InChI is InChI=1S/C15H20N4O3S2/c1-3-12-14(23-10-16-12)15(20)19-5-6-24(21,22)9-13(19)11-7-17-18(4-2)8-11/h7-8,10,13H,3-6,9H2,1-2H3/t13-/m0/s1. The Morgan fingerprint density at radius 2 is 2.21 bits per heavy atom. The molecular formula is C15H20N4O3S2. The van der Waals surface area contributed by atoms with Crippen molar-refractivity contribution in [3.8, 4) is 0 Å². The molecule has 1 atom stereocenters. The lowest BCUT2D eigenvalue weighted by Crippen LogP contribution is -2.46. The van der Waals surface area contributed by atoms with Crippen LogP contribution in [-0.4, -0.2) is 52.0 Å². The first-order chi connectivity index (χ1) is 11.4. The van der Waals surface area contributed by atoms with Crippen molar-refractivity contribution >= 4 is 27.1 Å². The van der Waals surface area contributed by atoms with Crippen molar-refractivity contribution < 1.29 is 13.2 Å². The molecule has 2 aromatic rings. The molecule has 3 rings (SSSR count). The lowest BCUT2D eigenvalue weighted by Gasteiger charge is -2.34. The van der Waals surface area contributed by atoms with Crippen molar-refractivity contribution in [2.75, 3.05) is 18.1 Å². The van der Waals surface area contributed by atoms with E-state index < -0.39 is 15.9 Å². The molecule has 2 aromatic heterocycles. The fourth-order valence-electron chi connectivity index (χ4n) is 2.88.